The first kappa shape index (κ1) is 15.6. The highest BCUT2D eigenvalue weighted by Crippen LogP contribution is 2.19. The van der Waals surface area contributed by atoms with E-state index in [1.165, 1.54) is 6.20 Å². The lowest BCUT2D eigenvalue weighted by Crippen LogP contribution is -2.18. The average Bonchev–Trinajstić information content (AvgIpc) is 2.94. The molecule has 2 aromatic rings. The number of carbonyl (C=O) groups excluding carboxylic acids is 2. The molecule has 1 heterocycles. The van der Waals surface area contributed by atoms with E-state index in [-0.39, 0.29) is 18.0 Å². The molecule has 0 aliphatic heterocycles. The smallest absolute Gasteiger partial charge is 0.338 e. The summed E-state index contributed by atoms with van der Waals surface area (Å²) in [6, 6.07) is 6.77. The summed E-state index contributed by atoms with van der Waals surface area (Å²) < 4.78 is 5.12. The van der Waals surface area contributed by atoms with E-state index in [2.05, 4.69) is 20.8 Å². The summed E-state index contributed by atoms with van der Waals surface area (Å²) in [5, 5.41) is 12.1. The lowest BCUT2D eigenvalue weighted by atomic mass is 10.2. The van der Waals surface area contributed by atoms with Crippen molar-refractivity contribution in [3.8, 4) is 0 Å². The number of hydrogen-bond donors (Lipinski definition) is 3. The van der Waals surface area contributed by atoms with Crippen LogP contribution in [-0.4, -0.2) is 35.2 Å². The van der Waals surface area contributed by atoms with Gasteiger partial charge in [0.15, 0.2) is 0 Å². The predicted molar refractivity (Wildman–Crippen MR) is 82.3 cm³/mol. The molecule has 22 heavy (non-hydrogen) atoms. The van der Waals surface area contributed by atoms with Gasteiger partial charge in [0.2, 0.25) is 0 Å². The number of benzene rings is 1. The minimum absolute atomic E-state index is 0.162. The van der Waals surface area contributed by atoms with Crippen LogP contribution in [0.15, 0.2) is 30.5 Å². The van der Waals surface area contributed by atoms with Gasteiger partial charge in [0.25, 0.3) is 5.91 Å². The fraction of sp³-hybridized carbons (Fsp3) is 0.267. The molecule has 0 atom stereocenters. The molecule has 7 heteroatoms. The van der Waals surface area contributed by atoms with Crippen molar-refractivity contribution in [3.05, 3.63) is 41.6 Å². The van der Waals surface area contributed by atoms with Gasteiger partial charge in [0, 0.05) is 12.7 Å². The quantitative estimate of drug-likeness (QED) is 0.735. The summed E-state index contributed by atoms with van der Waals surface area (Å²) in [6.07, 6.45) is 1.28. The second kappa shape index (κ2) is 6.75. The summed E-state index contributed by atoms with van der Waals surface area (Å²) in [5.74, 6) is -0.126. The number of rotatable bonds is 5. The van der Waals surface area contributed by atoms with Gasteiger partial charge in [-0.05, 0) is 38.1 Å². The first-order chi connectivity index (χ1) is 10.5. The van der Waals surface area contributed by atoms with E-state index in [4.69, 9.17) is 4.74 Å². The first-order valence-electron chi connectivity index (χ1n) is 6.84. The van der Waals surface area contributed by atoms with Crippen LogP contribution in [0.2, 0.25) is 0 Å². The van der Waals surface area contributed by atoms with Gasteiger partial charge in [0.05, 0.1) is 17.9 Å². The Morgan fingerprint density at radius 2 is 1.91 bits per heavy atom. The van der Waals surface area contributed by atoms with E-state index in [1.807, 2.05) is 0 Å². The number of H-pyrrole nitrogens is 1. The van der Waals surface area contributed by atoms with E-state index in [9.17, 15) is 9.59 Å². The van der Waals surface area contributed by atoms with Crippen molar-refractivity contribution in [2.45, 2.75) is 20.0 Å². The third kappa shape index (κ3) is 3.63. The van der Waals surface area contributed by atoms with Gasteiger partial charge >= 0.3 is 5.97 Å². The average molecular weight is 302 g/mol. The molecule has 1 aromatic heterocycles. The maximum atomic E-state index is 11.8. The van der Waals surface area contributed by atoms with Crippen LogP contribution in [-0.2, 0) is 4.74 Å². The Kier molecular flexibility index (Phi) is 4.77. The fourth-order valence-corrected chi connectivity index (χ4v) is 1.80. The Hall–Kier alpha value is -2.83. The molecule has 0 bridgehead atoms. The largest absolute Gasteiger partial charge is 0.459 e. The highest BCUT2D eigenvalue weighted by Gasteiger charge is 2.13. The molecule has 1 aromatic carbocycles. The topological polar surface area (TPSA) is 96.1 Å². The Balaban J connectivity index is 2.10. The van der Waals surface area contributed by atoms with Crippen molar-refractivity contribution in [1.82, 2.24) is 15.5 Å². The predicted octanol–water partition coefficient (Wildman–Crippen LogP) is 2.08. The van der Waals surface area contributed by atoms with E-state index >= 15 is 0 Å². The highest BCUT2D eigenvalue weighted by molar-refractivity contribution is 5.99. The normalized spacial score (nSPS) is 10.4. The number of carbonyl (C=O) groups is 2. The maximum absolute atomic E-state index is 11.8. The molecule has 2 rings (SSSR count). The van der Waals surface area contributed by atoms with Crippen LogP contribution < -0.4 is 10.6 Å². The molecular formula is C15H18N4O3. The zero-order chi connectivity index (χ0) is 16.1. The fourth-order valence-electron chi connectivity index (χ4n) is 1.80. The van der Waals surface area contributed by atoms with Crippen molar-refractivity contribution < 1.29 is 14.3 Å². The molecule has 1 amide bonds. The van der Waals surface area contributed by atoms with Gasteiger partial charge in [0.1, 0.15) is 11.4 Å². The Morgan fingerprint density at radius 1 is 1.23 bits per heavy atom. The van der Waals surface area contributed by atoms with Gasteiger partial charge in [-0.3, -0.25) is 9.89 Å². The Bertz CT molecular complexity index is 662. The summed E-state index contributed by atoms with van der Waals surface area (Å²) in [7, 11) is 1.55. The van der Waals surface area contributed by atoms with E-state index < -0.39 is 0 Å². The minimum Gasteiger partial charge on any atom is -0.459 e. The van der Waals surface area contributed by atoms with Crippen LogP contribution in [0.4, 0.5) is 11.5 Å². The monoisotopic (exact) mass is 302 g/mol. The number of hydrogen-bond acceptors (Lipinski definition) is 5. The van der Waals surface area contributed by atoms with Gasteiger partial charge in [-0.25, -0.2) is 4.79 Å². The van der Waals surface area contributed by atoms with E-state index in [0.717, 1.165) is 5.69 Å². The zero-order valence-corrected chi connectivity index (χ0v) is 12.6. The lowest BCUT2D eigenvalue weighted by Gasteiger charge is -2.09. The standard InChI is InChI=1S/C15H18N4O3/c1-9(2)22-15(21)10-4-6-11(7-5-10)18-13-12(8-17-19-13)14(20)16-3/h4-9H,1-3H3,(H,16,20)(H2,17,18,19). The van der Waals surface area contributed by atoms with Crippen LogP contribution in [0.5, 0.6) is 0 Å². The number of amides is 1. The van der Waals surface area contributed by atoms with Crippen LogP contribution in [0, 0.1) is 0 Å². The molecule has 0 spiro atoms. The Labute approximate surface area is 128 Å². The molecule has 0 aliphatic carbocycles. The van der Waals surface area contributed by atoms with Crippen LogP contribution in [0.3, 0.4) is 0 Å². The summed E-state index contributed by atoms with van der Waals surface area (Å²) in [6.45, 7) is 3.60. The molecule has 0 saturated heterocycles. The van der Waals surface area contributed by atoms with Crippen LogP contribution in [0.25, 0.3) is 0 Å². The summed E-state index contributed by atoms with van der Waals surface area (Å²) >= 11 is 0. The molecule has 0 fully saturated rings. The number of ether oxygens (including phenoxy) is 1. The second-order valence-electron chi connectivity index (χ2n) is 4.89. The molecule has 0 unspecified atom stereocenters. The van der Waals surface area contributed by atoms with Crippen LogP contribution >= 0.6 is 0 Å². The molecule has 0 radical (unpaired) electrons. The van der Waals surface area contributed by atoms with Crippen molar-refractivity contribution in [2.75, 3.05) is 12.4 Å². The second-order valence-corrected chi connectivity index (χ2v) is 4.89. The number of anilines is 2. The third-order valence-electron chi connectivity index (χ3n) is 2.84. The molecule has 7 nitrogen and oxygen atoms in total. The highest BCUT2D eigenvalue weighted by atomic mass is 16.5. The summed E-state index contributed by atoms with van der Waals surface area (Å²) in [4.78, 5) is 23.4. The summed E-state index contributed by atoms with van der Waals surface area (Å²) in [5.41, 5.74) is 1.59. The van der Waals surface area contributed by atoms with Gasteiger partial charge < -0.3 is 15.4 Å². The van der Waals surface area contributed by atoms with Crippen LogP contribution in [0.1, 0.15) is 34.6 Å². The number of nitrogens with one attached hydrogen (secondary N) is 3. The molecule has 3 N–H and O–H groups in total. The zero-order valence-electron chi connectivity index (χ0n) is 12.6. The van der Waals surface area contributed by atoms with Gasteiger partial charge in [-0.15, -0.1) is 0 Å². The molecule has 0 saturated carbocycles. The third-order valence-corrected chi connectivity index (χ3v) is 2.84. The van der Waals surface area contributed by atoms with Gasteiger partial charge in [-0.2, -0.15) is 5.10 Å². The molecular weight excluding hydrogens is 284 g/mol. The number of esters is 1. The van der Waals surface area contributed by atoms with E-state index in [0.29, 0.717) is 16.9 Å². The lowest BCUT2D eigenvalue weighted by molar-refractivity contribution is 0.0378. The number of nitrogens with zero attached hydrogens (tertiary/aromatic N) is 1. The van der Waals surface area contributed by atoms with E-state index in [1.54, 1.807) is 45.2 Å². The van der Waals surface area contributed by atoms with Crippen molar-refractivity contribution in [2.24, 2.45) is 0 Å². The molecule has 0 aliphatic rings. The number of aromatic amines is 1. The Morgan fingerprint density at radius 3 is 2.50 bits per heavy atom. The minimum atomic E-state index is -0.367. The van der Waals surface area contributed by atoms with Gasteiger partial charge in [-0.1, -0.05) is 0 Å². The van der Waals surface area contributed by atoms with Crippen molar-refractivity contribution in [3.63, 3.8) is 0 Å². The van der Waals surface area contributed by atoms with Crippen molar-refractivity contribution >= 4 is 23.4 Å². The maximum Gasteiger partial charge on any atom is 0.338 e. The van der Waals surface area contributed by atoms with Crippen molar-refractivity contribution in [1.29, 1.82) is 0 Å². The SMILES string of the molecule is CNC(=O)c1cn[nH]c1Nc1ccc(C(=O)OC(C)C)cc1. The molecule has 116 valence electrons. The first-order valence-corrected chi connectivity index (χ1v) is 6.84. The number of aromatic nitrogens is 2.